The van der Waals surface area contributed by atoms with E-state index in [1.807, 2.05) is 17.5 Å². The summed E-state index contributed by atoms with van der Waals surface area (Å²) in [6, 6.07) is 4.04. The van der Waals surface area contributed by atoms with Crippen LogP contribution in [0.3, 0.4) is 0 Å². The van der Waals surface area contributed by atoms with Crippen LogP contribution in [-0.2, 0) is 11.2 Å². The maximum absolute atomic E-state index is 10.8. The highest BCUT2D eigenvalue weighted by Crippen LogP contribution is 2.10. The minimum absolute atomic E-state index is 0.124. The summed E-state index contributed by atoms with van der Waals surface area (Å²) in [7, 11) is 0. The van der Waals surface area contributed by atoms with E-state index >= 15 is 0 Å². The minimum atomic E-state index is 0.124. The van der Waals surface area contributed by atoms with Gasteiger partial charge in [0.15, 0.2) is 5.78 Å². The second kappa shape index (κ2) is 4.09. The molecular weight excluding hydrogens is 156 g/mol. The predicted octanol–water partition coefficient (Wildman–Crippen LogP) is 2.44. The number of carbonyl (C=O) groups excluding carboxylic acids is 1. The molecule has 0 bridgehead atoms. The zero-order chi connectivity index (χ0) is 8.10. The fourth-order valence-electron chi connectivity index (χ4n) is 0.803. The van der Waals surface area contributed by atoms with Crippen LogP contribution in [0.25, 0.3) is 0 Å². The van der Waals surface area contributed by atoms with Gasteiger partial charge in [-0.15, -0.1) is 11.3 Å². The Morgan fingerprint density at radius 3 is 3.09 bits per heavy atom. The minimum Gasteiger partial charge on any atom is -0.295 e. The molecule has 1 rings (SSSR count). The van der Waals surface area contributed by atoms with Gasteiger partial charge >= 0.3 is 0 Å². The van der Waals surface area contributed by atoms with E-state index in [9.17, 15) is 4.79 Å². The molecule has 0 spiro atoms. The number of ketones is 1. The van der Waals surface area contributed by atoms with E-state index < -0.39 is 0 Å². The van der Waals surface area contributed by atoms with Crippen molar-refractivity contribution in [3.63, 3.8) is 0 Å². The van der Waals surface area contributed by atoms with E-state index in [0.29, 0.717) is 6.42 Å². The van der Waals surface area contributed by atoms with E-state index in [4.69, 9.17) is 0 Å². The lowest BCUT2D eigenvalue weighted by molar-refractivity contribution is -0.114. The molecule has 1 aromatic heterocycles. The van der Waals surface area contributed by atoms with Crippen molar-refractivity contribution in [1.29, 1.82) is 0 Å². The van der Waals surface area contributed by atoms with E-state index in [2.05, 4.69) is 6.58 Å². The summed E-state index contributed by atoms with van der Waals surface area (Å²) in [5.41, 5.74) is 0. The zero-order valence-corrected chi connectivity index (χ0v) is 7.06. The first-order chi connectivity index (χ1) is 5.33. The van der Waals surface area contributed by atoms with Crippen LogP contribution in [0, 0.1) is 0 Å². The third-order valence-corrected chi connectivity index (χ3v) is 2.36. The van der Waals surface area contributed by atoms with Crippen LogP contribution in [0.4, 0.5) is 0 Å². The fraction of sp³-hybridized carbons (Fsp3) is 0.222. The quantitative estimate of drug-likeness (QED) is 0.628. The number of thiophene rings is 1. The first-order valence-electron chi connectivity index (χ1n) is 3.50. The molecule has 0 radical (unpaired) electrons. The Hall–Kier alpha value is -0.890. The van der Waals surface area contributed by atoms with Gasteiger partial charge in [-0.25, -0.2) is 0 Å². The van der Waals surface area contributed by atoms with Gasteiger partial charge in [-0.1, -0.05) is 12.6 Å². The molecule has 1 heterocycles. The standard InChI is InChI=1S/C9H10OS/c1-2-8(10)5-6-9-4-3-7-11-9/h2-4,7H,1,5-6H2. The number of carbonyl (C=O) groups is 1. The van der Waals surface area contributed by atoms with E-state index in [0.717, 1.165) is 6.42 Å². The summed E-state index contributed by atoms with van der Waals surface area (Å²) in [5, 5.41) is 2.02. The van der Waals surface area contributed by atoms with Gasteiger partial charge in [0, 0.05) is 11.3 Å². The van der Waals surface area contributed by atoms with Crippen LogP contribution < -0.4 is 0 Å². The molecule has 0 aliphatic heterocycles. The smallest absolute Gasteiger partial charge is 0.155 e. The molecule has 0 N–H and O–H groups in total. The normalized spacial score (nSPS) is 9.45. The average molecular weight is 166 g/mol. The summed E-state index contributed by atoms with van der Waals surface area (Å²) < 4.78 is 0. The van der Waals surface area contributed by atoms with Crippen LogP contribution in [0.15, 0.2) is 30.2 Å². The maximum atomic E-state index is 10.8. The Labute approximate surface area is 70.4 Å². The molecule has 58 valence electrons. The van der Waals surface area contributed by atoms with Gasteiger partial charge in [0.25, 0.3) is 0 Å². The lowest BCUT2D eigenvalue weighted by Crippen LogP contribution is -1.93. The highest BCUT2D eigenvalue weighted by molar-refractivity contribution is 7.09. The average Bonchev–Trinajstić information content (AvgIpc) is 2.52. The van der Waals surface area contributed by atoms with Crippen molar-refractivity contribution in [1.82, 2.24) is 0 Å². The molecule has 0 saturated carbocycles. The van der Waals surface area contributed by atoms with Gasteiger partial charge < -0.3 is 0 Å². The van der Waals surface area contributed by atoms with E-state index in [1.54, 1.807) is 11.3 Å². The largest absolute Gasteiger partial charge is 0.295 e. The summed E-state index contributed by atoms with van der Waals surface area (Å²) in [6.45, 7) is 3.41. The molecule has 11 heavy (non-hydrogen) atoms. The van der Waals surface area contributed by atoms with Crippen molar-refractivity contribution < 1.29 is 4.79 Å². The molecule has 0 fully saturated rings. The van der Waals surface area contributed by atoms with Gasteiger partial charge in [0.05, 0.1) is 0 Å². The monoisotopic (exact) mass is 166 g/mol. The molecule has 0 unspecified atom stereocenters. The molecule has 2 heteroatoms. The predicted molar refractivity (Wildman–Crippen MR) is 47.8 cm³/mol. The van der Waals surface area contributed by atoms with Crippen molar-refractivity contribution in [3.8, 4) is 0 Å². The molecule has 0 aromatic carbocycles. The van der Waals surface area contributed by atoms with E-state index in [-0.39, 0.29) is 5.78 Å². The molecule has 0 amide bonds. The Morgan fingerprint density at radius 2 is 2.55 bits per heavy atom. The number of hydrogen-bond acceptors (Lipinski definition) is 2. The van der Waals surface area contributed by atoms with Crippen LogP contribution >= 0.6 is 11.3 Å². The second-order valence-electron chi connectivity index (χ2n) is 2.25. The van der Waals surface area contributed by atoms with Crippen molar-refractivity contribution >= 4 is 17.1 Å². The van der Waals surface area contributed by atoms with E-state index in [1.165, 1.54) is 11.0 Å². The SMILES string of the molecule is C=CC(=O)CCc1cccs1. The summed E-state index contributed by atoms with van der Waals surface area (Å²) >= 11 is 1.69. The zero-order valence-electron chi connectivity index (χ0n) is 6.25. The molecule has 1 nitrogen and oxygen atoms in total. The Balaban J connectivity index is 2.34. The van der Waals surface area contributed by atoms with Gasteiger partial charge in [0.2, 0.25) is 0 Å². The summed E-state index contributed by atoms with van der Waals surface area (Å²) in [6.07, 6.45) is 2.82. The lowest BCUT2D eigenvalue weighted by atomic mass is 10.2. The third-order valence-electron chi connectivity index (χ3n) is 1.43. The molecule has 0 aliphatic rings. The van der Waals surface area contributed by atoms with Gasteiger partial charge in [0.1, 0.15) is 0 Å². The highest BCUT2D eigenvalue weighted by atomic mass is 32.1. The van der Waals surface area contributed by atoms with Crippen LogP contribution in [0.2, 0.25) is 0 Å². The molecule has 0 atom stereocenters. The van der Waals surface area contributed by atoms with Crippen LogP contribution in [0.1, 0.15) is 11.3 Å². The maximum Gasteiger partial charge on any atom is 0.155 e. The first kappa shape index (κ1) is 8.21. The summed E-state index contributed by atoms with van der Waals surface area (Å²) in [5.74, 6) is 0.124. The fourth-order valence-corrected chi connectivity index (χ4v) is 1.51. The highest BCUT2D eigenvalue weighted by Gasteiger charge is 1.97. The Bertz CT molecular complexity index is 236. The molecule has 0 aliphatic carbocycles. The topological polar surface area (TPSA) is 17.1 Å². The number of rotatable bonds is 4. The molecular formula is C9H10OS. The van der Waals surface area contributed by atoms with Crippen molar-refractivity contribution in [2.75, 3.05) is 0 Å². The number of aryl methyl sites for hydroxylation is 1. The number of hydrogen-bond donors (Lipinski definition) is 0. The third kappa shape index (κ3) is 2.68. The van der Waals surface area contributed by atoms with Crippen molar-refractivity contribution in [2.45, 2.75) is 12.8 Å². The molecule has 1 aromatic rings. The van der Waals surface area contributed by atoms with Crippen LogP contribution in [0.5, 0.6) is 0 Å². The Morgan fingerprint density at radius 1 is 1.73 bits per heavy atom. The van der Waals surface area contributed by atoms with Crippen LogP contribution in [-0.4, -0.2) is 5.78 Å². The number of allylic oxidation sites excluding steroid dienone is 1. The van der Waals surface area contributed by atoms with Gasteiger partial charge in [-0.05, 0) is 23.9 Å². The van der Waals surface area contributed by atoms with Crippen molar-refractivity contribution in [3.05, 3.63) is 35.0 Å². The van der Waals surface area contributed by atoms with Crippen molar-refractivity contribution in [2.24, 2.45) is 0 Å². The van der Waals surface area contributed by atoms with Gasteiger partial charge in [-0.3, -0.25) is 4.79 Å². The van der Waals surface area contributed by atoms with Gasteiger partial charge in [-0.2, -0.15) is 0 Å². The molecule has 0 saturated heterocycles. The first-order valence-corrected chi connectivity index (χ1v) is 4.38. The second-order valence-corrected chi connectivity index (χ2v) is 3.28. The Kier molecular flexibility index (Phi) is 3.05. The lowest BCUT2D eigenvalue weighted by Gasteiger charge is -1.91. The summed E-state index contributed by atoms with van der Waals surface area (Å²) in [4.78, 5) is 12.1.